The van der Waals surface area contributed by atoms with Gasteiger partial charge in [0.05, 0.1) is 28.6 Å². The van der Waals surface area contributed by atoms with Crippen LogP contribution in [0.2, 0.25) is 0 Å². The molecule has 3 aromatic carbocycles. The molecular formula is C24H18N4O. The Labute approximate surface area is 168 Å². The van der Waals surface area contributed by atoms with E-state index in [4.69, 9.17) is 4.42 Å². The molecule has 5 rings (SSSR count). The summed E-state index contributed by atoms with van der Waals surface area (Å²) in [6.45, 7) is 4.17. The number of furan rings is 1. The minimum Gasteiger partial charge on any atom is -0.456 e. The third-order valence-electron chi connectivity index (χ3n) is 5.85. The van der Waals surface area contributed by atoms with E-state index in [1.54, 1.807) is 6.07 Å². The molecule has 1 aliphatic rings. The van der Waals surface area contributed by atoms with Crippen molar-refractivity contribution in [1.29, 1.82) is 10.5 Å². The second kappa shape index (κ2) is 6.02. The number of nitriles is 2. The molecule has 0 amide bonds. The molecule has 5 heteroatoms. The van der Waals surface area contributed by atoms with Crippen LogP contribution in [0.25, 0.3) is 21.9 Å². The summed E-state index contributed by atoms with van der Waals surface area (Å²) < 4.78 is 6.10. The van der Waals surface area contributed by atoms with Gasteiger partial charge in [0.15, 0.2) is 0 Å². The highest BCUT2D eigenvalue weighted by Gasteiger charge is 2.35. The van der Waals surface area contributed by atoms with E-state index >= 15 is 0 Å². The van der Waals surface area contributed by atoms with E-state index in [2.05, 4.69) is 54.0 Å². The van der Waals surface area contributed by atoms with Gasteiger partial charge < -0.3 is 14.2 Å². The Morgan fingerprint density at radius 2 is 1.72 bits per heavy atom. The minimum absolute atomic E-state index is 0.00780. The Morgan fingerprint density at radius 3 is 2.48 bits per heavy atom. The van der Waals surface area contributed by atoms with Gasteiger partial charge in [0.25, 0.3) is 0 Å². The van der Waals surface area contributed by atoms with Crippen molar-refractivity contribution >= 4 is 39.0 Å². The number of aryl methyl sites for hydroxylation is 1. The van der Waals surface area contributed by atoms with Gasteiger partial charge in [-0.1, -0.05) is 18.2 Å². The second-order valence-electron chi connectivity index (χ2n) is 7.46. The molecule has 0 saturated carbocycles. The van der Waals surface area contributed by atoms with Crippen LogP contribution in [-0.4, -0.2) is 13.2 Å². The summed E-state index contributed by atoms with van der Waals surface area (Å²) in [6.07, 6.45) is -0.00780. The highest BCUT2D eigenvalue weighted by Crippen LogP contribution is 2.48. The van der Waals surface area contributed by atoms with Crippen molar-refractivity contribution in [3.63, 3.8) is 0 Å². The van der Waals surface area contributed by atoms with Gasteiger partial charge in [0, 0.05) is 29.6 Å². The van der Waals surface area contributed by atoms with Crippen molar-refractivity contribution in [2.45, 2.75) is 20.0 Å². The van der Waals surface area contributed by atoms with Crippen molar-refractivity contribution < 1.29 is 4.42 Å². The molecule has 0 spiro atoms. The predicted molar refractivity (Wildman–Crippen MR) is 114 cm³/mol. The van der Waals surface area contributed by atoms with Gasteiger partial charge >= 0.3 is 0 Å². The molecule has 0 saturated heterocycles. The largest absolute Gasteiger partial charge is 0.456 e. The molecule has 0 unspecified atom stereocenters. The third-order valence-corrected chi connectivity index (χ3v) is 5.85. The van der Waals surface area contributed by atoms with Crippen molar-refractivity contribution in [3.8, 4) is 12.1 Å². The van der Waals surface area contributed by atoms with E-state index in [1.165, 1.54) is 0 Å². The molecule has 2 heterocycles. The van der Waals surface area contributed by atoms with E-state index in [0.29, 0.717) is 11.1 Å². The number of benzene rings is 3. The number of rotatable bonds is 1. The quantitative estimate of drug-likeness (QED) is 0.433. The maximum atomic E-state index is 9.77. The lowest BCUT2D eigenvalue weighted by molar-refractivity contribution is 0.668. The van der Waals surface area contributed by atoms with Crippen molar-refractivity contribution in [2.75, 3.05) is 16.8 Å². The molecule has 0 fully saturated rings. The highest BCUT2D eigenvalue weighted by molar-refractivity contribution is 6.06. The summed E-state index contributed by atoms with van der Waals surface area (Å²) in [6, 6.07) is 20.2. The number of nitrogens with zero attached hydrogens (tertiary/aromatic N) is 4. The molecule has 5 nitrogen and oxygen atoms in total. The number of hydrogen-bond acceptors (Lipinski definition) is 5. The molecule has 1 aliphatic heterocycles. The van der Waals surface area contributed by atoms with Crippen LogP contribution in [0.4, 0.5) is 17.1 Å². The van der Waals surface area contributed by atoms with Crippen LogP contribution in [0.1, 0.15) is 23.6 Å². The van der Waals surface area contributed by atoms with Gasteiger partial charge in [-0.15, -0.1) is 0 Å². The van der Waals surface area contributed by atoms with E-state index in [9.17, 15) is 10.5 Å². The Kier molecular flexibility index (Phi) is 3.56. The lowest BCUT2D eigenvalue weighted by Gasteiger charge is -2.29. The summed E-state index contributed by atoms with van der Waals surface area (Å²) in [7, 11) is 1.99. The van der Waals surface area contributed by atoms with Crippen LogP contribution >= 0.6 is 0 Å². The highest BCUT2D eigenvalue weighted by atomic mass is 16.3. The zero-order valence-electron chi connectivity index (χ0n) is 16.4. The average Bonchev–Trinajstić information content (AvgIpc) is 3.22. The van der Waals surface area contributed by atoms with Crippen LogP contribution in [0.5, 0.6) is 0 Å². The zero-order valence-corrected chi connectivity index (χ0v) is 16.4. The number of hydrogen-bond donors (Lipinski definition) is 0. The third kappa shape index (κ3) is 2.31. The van der Waals surface area contributed by atoms with Gasteiger partial charge in [-0.25, -0.2) is 0 Å². The fraction of sp³-hybridized carbons (Fsp3) is 0.167. The zero-order chi connectivity index (χ0) is 20.3. The molecular weight excluding hydrogens is 360 g/mol. The molecule has 0 aliphatic carbocycles. The molecule has 4 aromatic rings. The van der Waals surface area contributed by atoms with Crippen molar-refractivity contribution in [2.24, 2.45) is 0 Å². The van der Waals surface area contributed by atoms with Gasteiger partial charge in [-0.3, -0.25) is 0 Å². The molecule has 1 aromatic heterocycles. The summed E-state index contributed by atoms with van der Waals surface area (Å²) >= 11 is 0. The summed E-state index contributed by atoms with van der Waals surface area (Å²) in [5.41, 5.74) is 6.49. The Hall–Kier alpha value is -3.96. The Morgan fingerprint density at radius 1 is 0.931 bits per heavy atom. The van der Waals surface area contributed by atoms with E-state index < -0.39 is 0 Å². The maximum Gasteiger partial charge on any atom is 0.137 e. The standard InChI is InChI=1S/C24H18N4O/c1-14-8-19-18-6-4-5-7-22(18)29-23(19)11-20(14)28-15(2)27(3)21-10-16(12-25)9-17(13-26)24(21)28/h4-11,15H,1-3H3/t15-/m0/s1. The van der Waals surface area contributed by atoms with Crippen molar-refractivity contribution in [1.82, 2.24) is 0 Å². The van der Waals surface area contributed by atoms with Crippen LogP contribution in [0.3, 0.4) is 0 Å². The van der Waals surface area contributed by atoms with E-state index in [-0.39, 0.29) is 6.17 Å². The summed E-state index contributed by atoms with van der Waals surface area (Å²) in [4.78, 5) is 4.26. The monoisotopic (exact) mass is 378 g/mol. The van der Waals surface area contributed by atoms with Crippen LogP contribution in [0.15, 0.2) is 52.9 Å². The maximum absolute atomic E-state index is 9.77. The second-order valence-corrected chi connectivity index (χ2v) is 7.46. The van der Waals surface area contributed by atoms with E-state index in [1.807, 2.05) is 31.3 Å². The van der Waals surface area contributed by atoms with Crippen LogP contribution in [0, 0.1) is 29.6 Å². The minimum atomic E-state index is -0.00780. The van der Waals surface area contributed by atoms with Gasteiger partial charge in [0.1, 0.15) is 23.4 Å². The first kappa shape index (κ1) is 17.2. The number of para-hydroxylation sites is 1. The number of anilines is 3. The molecule has 1 atom stereocenters. The molecule has 0 radical (unpaired) electrons. The first-order chi connectivity index (χ1) is 14.0. The van der Waals surface area contributed by atoms with Crippen LogP contribution in [-0.2, 0) is 0 Å². The Bertz CT molecular complexity index is 1390. The number of fused-ring (bicyclic) bond motifs is 4. The normalized spacial score (nSPS) is 15.6. The predicted octanol–water partition coefficient (Wildman–Crippen LogP) is 5.57. The fourth-order valence-corrected chi connectivity index (χ4v) is 4.30. The van der Waals surface area contributed by atoms with Crippen LogP contribution < -0.4 is 9.80 Å². The fourth-order valence-electron chi connectivity index (χ4n) is 4.30. The van der Waals surface area contributed by atoms with E-state index in [0.717, 1.165) is 44.6 Å². The van der Waals surface area contributed by atoms with Gasteiger partial charge in [0.2, 0.25) is 0 Å². The molecule has 0 bridgehead atoms. The lowest BCUT2D eigenvalue weighted by Crippen LogP contribution is -2.36. The summed E-state index contributed by atoms with van der Waals surface area (Å²) in [5, 5.41) is 21.3. The summed E-state index contributed by atoms with van der Waals surface area (Å²) in [5.74, 6) is 0. The average molecular weight is 378 g/mol. The Balaban J connectivity index is 1.78. The molecule has 0 N–H and O–H groups in total. The topological polar surface area (TPSA) is 67.2 Å². The molecule has 29 heavy (non-hydrogen) atoms. The van der Waals surface area contributed by atoms with Crippen molar-refractivity contribution in [3.05, 3.63) is 65.2 Å². The first-order valence-corrected chi connectivity index (χ1v) is 9.45. The lowest BCUT2D eigenvalue weighted by atomic mass is 10.0. The van der Waals surface area contributed by atoms with Gasteiger partial charge in [-0.05, 0) is 43.7 Å². The molecule has 140 valence electrons. The van der Waals surface area contributed by atoms with Gasteiger partial charge in [-0.2, -0.15) is 10.5 Å². The smallest absolute Gasteiger partial charge is 0.137 e. The first-order valence-electron chi connectivity index (χ1n) is 9.45. The SMILES string of the molecule is Cc1cc2c(cc1N1c3c(C#N)cc(C#N)cc3N(C)[C@@H]1C)oc1ccccc12.